The van der Waals surface area contributed by atoms with Gasteiger partial charge in [-0.3, -0.25) is 9.48 Å². The van der Waals surface area contributed by atoms with Crippen molar-refractivity contribution in [2.45, 2.75) is 26.9 Å². The van der Waals surface area contributed by atoms with Gasteiger partial charge in [0.05, 0.1) is 38.4 Å². The van der Waals surface area contributed by atoms with Crippen molar-refractivity contribution in [1.82, 2.24) is 9.78 Å². The van der Waals surface area contributed by atoms with Crippen LogP contribution in [0.5, 0.6) is 17.2 Å². The van der Waals surface area contributed by atoms with Crippen molar-refractivity contribution in [2.24, 2.45) is 7.05 Å². The Kier molecular flexibility index (Phi) is 7.46. The van der Waals surface area contributed by atoms with E-state index in [1.54, 1.807) is 30.8 Å². The Balaban J connectivity index is 2.05. The van der Waals surface area contributed by atoms with E-state index in [-0.39, 0.29) is 0 Å². The van der Waals surface area contributed by atoms with Crippen molar-refractivity contribution >= 4 is 23.6 Å². The number of hydrogen-bond donors (Lipinski definition) is 1. The molecule has 0 aliphatic heterocycles. The number of rotatable bonds is 8. The molecule has 1 N–H and O–H groups in total. The molecule has 0 aliphatic carbocycles. The molecule has 30 heavy (non-hydrogen) atoms. The molecule has 0 bridgehead atoms. The van der Waals surface area contributed by atoms with Gasteiger partial charge in [-0.25, -0.2) is 4.79 Å². The molecule has 0 saturated carbocycles. The van der Waals surface area contributed by atoms with Crippen molar-refractivity contribution in [1.29, 1.82) is 0 Å². The Hall–Kier alpha value is -3.49. The lowest BCUT2D eigenvalue weighted by Crippen LogP contribution is -2.29. The van der Waals surface area contributed by atoms with E-state index < -0.39 is 18.0 Å². The lowest BCUT2D eigenvalue weighted by molar-refractivity contribution is -0.148. The van der Waals surface area contributed by atoms with Crippen molar-refractivity contribution in [3.8, 4) is 17.2 Å². The molecule has 2 rings (SSSR count). The number of anilines is 1. The first-order valence-corrected chi connectivity index (χ1v) is 9.21. The number of hydrogen-bond acceptors (Lipinski definition) is 7. The molecule has 1 heterocycles. The molecule has 9 heteroatoms. The summed E-state index contributed by atoms with van der Waals surface area (Å²) >= 11 is 0. The monoisotopic (exact) mass is 417 g/mol. The second kappa shape index (κ2) is 9.82. The van der Waals surface area contributed by atoms with Crippen LogP contribution in [0.25, 0.3) is 6.08 Å². The smallest absolute Gasteiger partial charge is 0.331 e. The minimum Gasteiger partial charge on any atom is -0.493 e. The maximum atomic E-state index is 12.4. The first-order valence-electron chi connectivity index (χ1n) is 9.21. The van der Waals surface area contributed by atoms with Crippen LogP contribution in [-0.4, -0.2) is 49.1 Å². The average molecular weight is 417 g/mol. The van der Waals surface area contributed by atoms with Crippen LogP contribution in [0.2, 0.25) is 0 Å². The number of nitrogens with one attached hydrogen (secondary N) is 1. The fourth-order valence-corrected chi connectivity index (χ4v) is 2.81. The first kappa shape index (κ1) is 22.8. The van der Waals surface area contributed by atoms with Gasteiger partial charge in [0.1, 0.15) is 0 Å². The highest BCUT2D eigenvalue weighted by Gasteiger charge is 2.20. The van der Waals surface area contributed by atoms with Crippen LogP contribution in [0.4, 0.5) is 5.69 Å². The van der Waals surface area contributed by atoms with Gasteiger partial charge in [-0.1, -0.05) is 0 Å². The molecule has 162 valence electrons. The number of carbonyl (C=O) groups is 2. The van der Waals surface area contributed by atoms with Gasteiger partial charge in [0.2, 0.25) is 5.75 Å². The van der Waals surface area contributed by atoms with Gasteiger partial charge in [-0.15, -0.1) is 0 Å². The Labute approximate surface area is 175 Å². The van der Waals surface area contributed by atoms with Crippen molar-refractivity contribution in [3.63, 3.8) is 0 Å². The van der Waals surface area contributed by atoms with Crippen LogP contribution in [0.1, 0.15) is 23.9 Å². The van der Waals surface area contributed by atoms with E-state index in [1.165, 1.54) is 40.4 Å². The molecular formula is C21H27N3O6. The molecule has 1 amide bonds. The van der Waals surface area contributed by atoms with Crippen molar-refractivity contribution in [3.05, 3.63) is 35.2 Å². The Morgan fingerprint density at radius 1 is 1.10 bits per heavy atom. The zero-order valence-electron chi connectivity index (χ0n) is 18.2. The molecular weight excluding hydrogens is 390 g/mol. The molecule has 2 aromatic rings. The third-order valence-electron chi connectivity index (χ3n) is 4.52. The highest BCUT2D eigenvalue weighted by molar-refractivity contribution is 5.97. The fraction of sp³-hybridized carbons (Fsp3) is 0.381. The summed E-state index contributed by atoms with van der Waals surface area (Å²) in [6, 6.07) is 3.38. The van der Waals surface area contributed by atoms with Gasteiger partial charge in [-0.05, 0) is 44.5 Å². The van der Waals surface area contributed by atoms with Gasteiger partial charge in [0, 0.05) is 13.1 Å². The molecule has 1 aromatic heterocycles. The minimum atomic E-state index is -0.985. The SMILES string of the molecule is COc1cc(/C=C/C(=O)O[C@@H](C)C(=O)Nc2c(C)nn(C)c2C)cc(OC)c1OC. The van der Waals surface area contributed by atoms with Gasteiger partial charge in [-0.2, -0.15) is 5.10 Å². The van der Waals surface area contributed by atoms with E-state index in [4.69, 9.17) is 18.9 Å². The van der Waals surface area contributed by atoms with Crippen LogP contribution >= 0.6 is 0 Å². The molecule has 0 fully saturated rings. The van der Waals surface area contributed by atoms with E-state index in [2.05, 4.69) is 10.4 Å². The van der Waals surface area contributed by atoms with Gasteiger partial charge < -0.3 is 24.3 Å². The number of aromatic nitrogens is 2. The predicted octanol–water partition coefficient (Wildman–Crippen LogP) is 2.65. The fourth-order valence-electron chi connectivity index (χ4n) is 2.81. The van der Waals surface area contributed by atoms with E-state index in [9.17, 15) is 9.59 Å². The average Bonchev–Trinajstić information content (AvgIpc) is 2.96. The van der Waals surface area contributed by atoms with Crippen LogP contribution in [0.3, 0.4) is 0 Å². The summed E-state index contributed by atoms with van der Waals surface area (Å²) in [6.07, 6.45) is 1.78. The second-order valence-electron chi connectivity index (χ2n) is 6.53. The summed E-state index contributed by atoms with van der Waals surface area (Å²) in [6.45, 7) is 5.13. The maximum absolute atomic E-state index is 12.4. The first-order chi connectivity index (χ1) is 14.2. The molecule has 0 unspecified atom stereocenters. The Morgan fingerprint density at radius 3 is 2.17 bits per heavy atom. The second-order valence-corrected chi connectivity index (χ2v) is 6.53. The summed E-state index contributed by atoms with van der Waals surface area (Å²) in [7, 11) is 6.31. The number of nitrogens with zero attached hydrogens (tertiary/aromatic N) is 2. The quantitative estimate of drug-likeness (QED) is 0.520. The molecule has 0 spiro atoms. The highest BCUT2D eigenvalue weighted by atomic mass is 16.5. The number of ether oxygens (including phenoxy) is 4. The summed E-state index contributed by atoms with van der Waals surface area (Å²) in [4.78, 5) is 24.5. The standard InChI is InChI=1S/C21H27N3O6/c1-12-19(13(2)24(4)23-12)22-21(26)14(3)30-18(25)9-8-15-10-16(27-5)20(29-7)17(11-15)28-6/h8-11,14H,1-7H3,(H,22,26)/b9-8+/t14-/m0/s1. The number of esters is 1. The van der Waals surface area contributed by atoms with E-state index >= 15 is 0 Å². The lowest BCUT2D eigenvalue weighted by Gasteiger charge is -2.13. The van der Waals surface area contributed by atoms with E-state index in [0.29, 0.717) is 34.2 Å². The predicted molar refractivity (Wildman–Crippen MR) is 112 cm³/mol. The molecule has 9 nitrogen and oxygen atoms in total. The molecule has 0 aliphatic rings. The van der Waals surface area contributed by atoms with E-state index in [1.807, 2.05) is 6.92 Å². The van der Waals surface area contributed by atoms with Crippen LogP contribution in [0.15, 0.2) is 18.2 Å². The number of amides is 1. The van der Waals surface area contributed by atoms with Crippen molar-refractivity contribution in [2.75, 3.05) is 26.6 Å². The minimum absolute atomic E-state index is 0.441. The Bertz CT molecular complexity index is 939. The molecule has 1 atom stereocenters. The van der Waals surface area contributed by atoms with Gasteiger partial charge >= 0.3 is 5.97 Å². The van der Waals surface area contributed by atoms with Gasteiger partial charge in [0.15, 0.2) is 17.6 Å². The summed E-state index contributed by atoms with van der Waals surface area (Å²) in [5, 5.41) is 6.99. The van der Waals surface area contributed by atoms with Crippen molar-refractivity contribution < 1.29 is 28.5 Å². The molecule has 0 radical (unpaired) electrons. The Morgan fingerprint density at radius 2 is 1.70 bits per heavy atom. The normalized spacial score (nSPS) is 11.8. The van der Waals surface area contributed by atoms with Crippen LogP contribution in [0, 0.1) is 13.8 Å². The number of aryl methyl sites for hydroxylation is 2. The zero-order valence-corrected chi connectivity index (χ0v) is 18.2. The third kappa shape index (κ3) is 5.11. The molecule has 1 aromatic carbocycles. The van der Waals surface area contributed by atoms with Crippen LogP contribution < -0.4 is 19.5 Å². The number of benzene rings is 1. The lowest BCUT2D eigenvalue weighted by atomic mass is 10.1. The zero-order chi connectivity index (χ0) is 22.4. The highest BCUT2D eigenvalue weighted by Crippen LogP contribution is 2.38. The molecule has 0 saturated heterocycles. The van der Waals surface area contributed by atoms with E-state index in [0.717, 1.165) is 5.69 Å². The topological polar surface area (TPSA) is 101 Å². The summed E-state index contributed by atoms with van der Waals surface area (Å²) in [5.41, 5.74) is 2.74. The number of carbonyl (C=O) groups excluding carboxylic acids is 2. The maximum Gasteiger partial charge on any atom is 0.331 e. The largest absolute Gasteiger partial charge is 0.493 e. The van der Waals surface area contributed by atoms with Gasteiger partial charge in [0.25, 0.3) is 5.91 Å². The summed E-state index contributed by atoms with van der Waals surface area (Å²) < 4.78 is 22.7. The van der Waals surface area contributed by atoms with Crippen LogP contribution in [-0.2, 0) is 21.4 Å². The number of methoxy groups -OCH3 is 3. The summed E-state index contributed by atoms with van der Waals surface area (Å²) in [5.74, 6) is 0.264. The third-order valence-corrected chi connectivity index (χ3v) is 4.52.